The van der Waals surface area contributed by atoms with Crippen LogP contribution >= 0.6 is 0 Å². The first kappa shape index (κ1) is 26.9. The zero-order chi connectivity index (χ0) is 28.4. The molecule has 0 unspecified atom stereocenters. The molecule has 8 nitrogen and oxygen atoms in total. The van der Waals surface area contributed by atoms with Crippen LogP contribution in [-0.4, -0.2) is 51.6 Å². The number of fused-ring (bicyclic) bond motifs is 3. The standard InChI is InChI=1S/C30H33NO7Si/c1-39(2,3)19-9-5-15(6-10-19)4-7-16-8-11-21(32)24-20(16)13-17-12-18-14-22(33)25(29(31)37)28(36)30(18,38)27(35)23(17)26(24)34/h5-6,8-11,17-18,32,34,36,38H,4,7,12-14H2,1-3H3,(H2,31,37)/t17-,18+,30+/m1/s1. The molecule has 204 valence electrons. The maximum atomic E-state index is 13.6. The summed E-state index contributed by atoms with van der Waals surface area (Å²) in [6.07, 6.45) is 1.50. The van der Waals surface area contributed by atoms with Crippen molar-refractivity contribution >= 4 is 36.5 Å². The highest BCUT2D eigenvalue weighted by atomic mass is 28.3. The lowest BCUT2D eigenvalue weighted by Gasteiger charge is -2.46. The zero-order valence-electron chi connectivity index (χ0n) is 22.2. The molecule has 9 heteroatoms. The number of aliphatic hydroxyl groups excluding tert-OH is 2. The van der Waals surface area contributed by atoms with Gasteiger partial charge >= 0.3 is 0 Å². The van der Waals surface area contributed by atoms with Gasteiger partial charge in [-0.2, -0.15) is 0 Å². The van der Waals surface area contributed by atoms with Crippen LogP contribution in [0.3, 0.4) is 0 Å². The van der Waals surface area contributed by atoms with Crippen molar-refractivity contribution in [3.05, 3.63) is 75.6 Å². The topological polar surface area (TPSA) is 158 Å². The van der Waals surface area contributed by atoms with Crippen LogP contribution in [0.1, 0.15) is 35.1 Å². The lowest BCUT2D eigenvalue weighted by Crippen LogP contribution is -2.58. The minimum Gasteiger partial charge on any atom is -0.508 e. The SMILES string of the molecule is C[Si](C)(C)c1ccc(CCc2ccc(O)c3c2C[C@H]2C[C@H]4CC(=O)C(C(N)=O)=C(O)[C@@]4(O)C(=O)C2=C3O)cc1. The summed E-state index contributed by atoms with van der Waals surface area (Å²) in [4.78, 5) is 37.9. The van der Waals surface area contributed by atoms with Crippen molar-refractivity contribution in [2.24, 2.45) is 17.6 Å². The highest BCUT2D eigenvalue weighted by molar-refractivity contribution is 6.88. The van der Waals surface area contributed by atoms with Crippen LogP contribution in [-0.2, 0) is 33.6 Å². The number of nitrogens with two attached hydrogens (primary N) is 1. The summed E-state index contributed by atoms with van der Waals surface area (Å²) in [5, 5.41) is 45.4. The van der Waals surface area contributed by atoms with Gasteiger partial charge in [0.05, 0.1) is 13.6 Å². The number of hydrogen-bond acceptors (Lipinski definition) is 7. The number of Topliss-reactive ketones (excluding diaryl/α,β-unsaturated/α-hetero) is 2. The monoisotopic (exact) mass is 547 g/mol. The molecule has 3 aliphatic rings. The highest BCUT2D eigenvalue weighted by Crippen LogP contribution is 2.52. The first-order chi connectivity index (χ1) is 18.2. The average Bonchev–Trinajstić information content (AvgIpc) is 2.85. The van der Waals surface area contributed by atoms with Gasteiger partial charge in [0.1, 0.15) is 22.8 Å². The van der Waals surface area contributed by atoms with Crippen molar-refractivity contribution in [1.29, 1.82) is 0 Å². The van der Waals surface area contributed by atoms with Crippen LogP contribution in [0.2, 0.25) is 19.6 Å². The summed E-state index contributed by atoms with van der Waals surface area (Å²) in [5.74, 6) is -6.18. The van der Waals surface area contributed by atoms with Crippen molar-refractivity contribution in [2.45, 2.75) is 57.3 Å². The van der Waals surface area contributed by atoms with Gasteiger partial charge in [-0.1, -0.05) is 55.2 Å². The van der Waals surface area contributed by atoms with Crippen LogP contribution in [0, 0.1) is 11.8 Å². The molecule has 1 amide bonds. The van der Waals surface area contributed by atoms with Crippen LogP contribution < -0.4 is 10.9 Å². The predicted octanol–water partition coefficient (Wildman–Crippen LogP) is 2.75. The van der Waals surface area contributed by atoms with E-state index in [9.17, 15) is 34.8 Å². The van der Waals surface area contributed by atoms with E-state index in [4.69, 9.17) is 5.73 Å². The number of carbonyl (C=O) groups is 3. The van der Waals surface area contributed by atoms with E-state index >= 15 is 0 Å². The van der Waals surface area contributed by atoms with E-state index in [0.717, 1.165) is 17.5 Å². The first-order valence-corrected chi connectivity index (χ1v) is 16.7. The Labute approximate surface area is 227 Å². The molecule has 3 atom stereocenters. The van der Waals surface area contributed by atoms with Gasteiger partial charge in [-0.25, -0.2) is 0 Å². The number of aliphatic hydroxyl groups is 3. The number of carbonyl (C=O) groups excluding carboxylic acids is 3. The molecule has 0 aromatic heterocycles. The molecule has 3 aliphatic carbocycles. The molecular formula is C30H33NO7Si. The summed E-state index contributed by atoms with van der Waals surface area (Å²) in [6.45, 7) is 6.90. The second kappa shape index (κ2) is 9.20. The fraction of sp³-hybridized carbons (Fsp3) is 0.367. The van der Waals surface area contributed by atoms with Gasteiger partial charge in [-0.3, -0.25) is 14.4 Å². The molecule has 39 heavy (non-hydrogen) atoms. The number of primary amides is 1. The summed E-state index contributed by atoms with van der Waals surface area (Å²) >= 11 is 0. The van der Waals surface area contributed by atoms with E-state index in [1.54, 1.807) is 0 Å². The first-order valence-electron chi connectivity index (χ1n) is 13.2. The zero-order valence-corrected chi connectivity index (χ0v) is 23.2. The molecule has 0 aliphatic heterocycles. The molecule has 6 N–H and O–H groups in total. The smallest absolute Gasteiger partial charge is 0.255 e. The maximum Gasteiger partial charge on any atom is 0.255 e. The molecular weight excluding hydrogens is 514 g/mol. The molecule has 0 bridgehead atoms. The van der Waals surface area contributed by atoms with Crippen molar-refractivity contribution in [3.63, 3.8) is 0 Å². The summed E-state index contributed by atoms with van der Waals surface area (Å²) in [5.41, 5.74) is 4.72. The maximum absolute atomic E-state index is 13.6. The van der Waals surface area contributed by atoms with E-state index in [1.165, 1.54) is 16.8 Å². The number of phenols is 1. The predicted molar refractivity (Wildman–Crippen MR) is 148 cm³/mol. The lowest BCUT2D eigenvalue weighted by molar-refractivity contribution is -0.147. The van der Waals surface area contributed by atoms with E-state index < -0.39 is 60.1 Å². The molecule has 0 spiro atoms. The quantitative estimate of drug-likeness (QED) is 0.284. The molecule has 0 radical (unpaired) electrons. The average molecular weight is 548 g/mol. The fourth-order valence-corrected chi connectivity index (χ4v) is 7.54. The number of aromatic hydroxyl groups is 1. The third-order valence-electron chi connectivity index (χ3n) is 8.55. The van der Waals surface area contributed by atoms with E-state index in [-0.39, 0.29) is 29.7 Å². The van der Waals surface area contributed by atoms with Gasteiger partial charge in [0, 0.05) is 17.9 Å². The summed E-state index contributed by atoms with van der Waals surface area (Å²) in [6, 6.07) is 11.9. The Hall–Kier alpha value is -3.69. The van der Waals surface area contributed by atoms with Gasteiger partial charge in [-0.05, 0) is 54.4 Å². The number of hydrogen-bond donors (Lipinski definition) is 5. The minimum absolute atomic E-state index is 0.121. The van der Waals surface area contributed by atoms with Crippen molar-refractivity contribution in [1.82, 2.24) is 0 Å². The second-order valence-corrected chi connectivity index (χ2v) is 17.0. The van der Waals surface area contributed by atoms with Crippen molar-refractivity contribution in [2.75, 3.05) is 0 Å². The molecule has 1 saturated carbocycles. The Balaban J connectivity index is 1.51. The molecule has 0 heterocycles. The largest absolute Gasteiger partial charge is 0.508 e. The Kier molecular flexibility index (Phi) is 6.35. The summed E-state index contributed by atoms with van der Waals surface area (Å²) in [7, 11) is -1.40. The van der Waals surface area contributed by atoms with Gasteiger partial charge < -0.3 is 26.2 Å². The Morgan fingerprint density at radius 3 is 2.28 bits per heavy atom. The molecule has 0 saturated heterocycles. The second-order valence-electron chi connectivity index (χ2n) is 12.0. The molecule has 5 rings (SSSR count). The number of amides is 1. The summed E-state index contributed by atoms with van der Waals surface area (Å²) < 4.78 is 0. The van der Waals surface area contributed by atoms with E-state index in [0.29, 0.717) is 12.8 Å². The number of rotatable bonds is 5. The number of ketones is 2. The normalized spacial score (nSPS) is 24.8. The number of benzene rings is 2. The molecule has 1 fully saturated rings. The third kappa shape index (κ3) is 4.20. The third-order valence-corrected chi connectivity index (χ3v) is 10.6. The number of aryl methyl sites for hydroxylation is 2. The van der Waals surface area contributed by atoms with E-state index in [1.807, 2.05) is 6.07 Å². The highest BCUT2D eigenvalue weighted by Gasteiger charge is 2.60. The molecule has 2 aromatic carbocycles. The molecule has 2 aromatic rings. The van der Waals surface area contributed by atoms with E-state index in [2.05, 4.69) is 43.9 Å². The van der Waals surface area contributed by atoms with Gasteiger partial charge in [-0.15, -0.1) is 0 Å². The van der Waals surface area contributed by atoms with Gasteiger partial charge in [0.15, 0.2) is 11.4 Å². The lowest BCUT2D eigenvalue weighted by atomic mass is 9.59. The van der Waals surface area contributed by atoms with Crippen LogP contribution in [0.15, 0.2) is 53.3 Å². The Bertz CT molecular complexity index is 1480. The number of phenolic OH excluding ortho intramolecular Hbond substituents is 1. The van der Waals surface area contributed by atoms with Gasteiger partial charge in [0.25, 0.3) is 5.91 Å². The minimum atomic E-state index is -2.55. The van der Waals surface area contributed by atoms with Crippen molar-refractivity contribution in [3.8, 4) is 5.75 Å². The Morgan fingerprint density at radius 2 is 1.67 bits per heavy atom. The fourth-order valence-electron chi connectivity index (χ4n) is 6.37. The van der Waals surface area contributed by atoms with Crippen LogP contribution in [0.5, 0.6) is 5.75 Å². The van der Waals surface area contributed by atoms with Crippen molar-refractivity contribution < 1.29 is 34.8 Å². The van der Waals surface area contributed by atoms with Crippen LogP contribution in [0.25, 0.3) is 5.76 Å². The van der Waals surface area contributed by atoms with Gasteiger partial charge in [0.2, 0.25) is 5.78 Å². The Morgan fingerprint density at radius 1 is 1.00 bits per heavy atom. The van der Waals surface area contributed by atoms with Crippen LogP contribution in [0.4, 0.5) is 0 Å².